The molecule has 0 amide bonds. The van der Waals surface area contributed by atoms with E-state index in [0.29, 0.717) is 11.3 Å². The van der Waals surface area contributed by atoms with Crippen molar-refractivity contribution >= 4 is 0 Å². The van der Waals surface area contributed by atoms with E-state index in [1.165, 1.54) is 0 Å². The second-order valence-corrected chi connectivity index (χ2v) is 4.77. The van der Waals surface area contributed by atoms with Gasteiger partial charge in [-0.05, 0) is 18.3 Å². The molecule has 2 heteroatoms. The lowest BCUT2D eigenvalue weighted by atomic mass is 9.88. The maximum atomic E-state index is 7.62. The first-order valence-electron chi connectivity index (χ1n) is 6.14. The summed E-state index contributed by atoms with van der Waals surface area (Å²) < 4.78 is 22.9. The Morgan fingerprint density at radius 2 is 2.00 bits per heavy atom. The van der Waals surface area contributed by atoms with Gasteiger partial charge >= 0.3 is 0 Å². The second-order valence-electron chi connectivity index (χ2n) is 4.77. The fraction of sp³-hybridized carbons (Fsp3) is 0.727. The topological polar surface area (TPSA) is 28.7 Å². The molecular weight excluding hydrogens is 160 g/mol. The lowest BCUT2D eigenvalue weighted by Gasteiger charge is -2.16. The summed E-state index contributed by atoms with van der Waals surface area (Å²) in [7, 11) is 0. The van der Waals surface area contributed by atoms with Crippen molar-refractivity contribution in [3.63, 3.8) is 0 Å². The molecule has 0 bridgehead atoms. The summed E-state index contributed by atoms with van der Waals surface area (Å²) in [4.78, 5) is 0. The van der Waals surface area contributed by atoms with E-state index in [0.717, 1.165) is 5.69 Å². The monoisotopic (exact) mass is 183 g/mol. The highest BCUT2D eigenvalue weighted by Crippen LogP contribution is 2.27. The molecule has 0 aliphatic heterocycles. The van der Waals surface area contributed by atoms with Crippen molar-refractivity contribution < 1.29 is 4.11 Å². The number of aromatic nitrogens is 2. The average Bonchev–Trinajstić information content (AvgIpc) is 2.43. The number of hydrogen-bond acceptors (Lipinski definition) is 1. The zero-order valence-electron chi connectivity index (χ0n) is 12.0. The van der Waals surface area contributed by atoms with E-state index in [9.17, 15) is 0 Å². The smallest absolute Gasteiger partial charge is 0.0707 e. The predicted octanol–water partition coefficient (Wildman–Crippen LogP) is 3.14. The van der Waals surface area contributed by atoms with E-state index in [4.69, 9.17) is 4.11 Å². The summed E-state index contributed by atoms with van der Waals surface area (Å²) >= 11 is 0. The Labute approximate surface area is 85.0 Å². The van der Waals surface area contributed by atoms with Gasteiger partial charge in [-0.2, -0.15) is 5.10 Å². The SMILES string of the molecule is [2H]C([2H])([2H])c1c(C(C)(C)C)n[nH]c1C(C)C. The summed E-state index contributed by atoms with van der Waals surface area (Å²) in [5.74, 6) is 0.138. The van der Waals surface area contributed by atoms with Crippen molar-refractivity contribution in [3.8, 4) is 0 Å². The number of hydrogen-bond donors (Lipinski definition) is 1. The summed E-state index contributed by atoms with van der Waals surface area (Å²) in [5, 5.41) is 7.07. The maximum Gasteiger partial charge on any atom is 0.0707 e. The molecule has 74 valence electrons. The number of nitrogens with one attached hydrogen (secondary N) is 1. The van der Waals surface area contributed by atoms with Gasteiger partial charge < -0.3 is 0 Å². The Morgan fingerprint density at radius 1 is 1.38 bits per heavy atom. The number of aromatic amines is 1. The van der Waals surface area contributed by atoms with Crippen LogP contribution in [-0.2, 0) is 5.41 Å². The van der Waals surface area contributed by atoms with E-state index in [1.54, 1.807) is 0 Å². The molecule has 0 radical (unpaired) electrons. The molecule has 0 aliphatic carbocycles. The fourth-order valence-corrected chi connectivity index (χ4v) is 1.32. The van der Waals surface area contributed by atoms with Crippen molar-refractivity contribution in [2.24, 2.45) is 0 Å². The molecule has 1 rings (SSSR count). The number of H-pyrrole nitrogens is 1. The Bertz CT molecular complexity index is 370. The molecule has 1 aromatic rings. The second kappa shape index (κ2) is 3.17. The standard InChI is InChI=1S/C11H20N2/c1-7(2)9-8(3)10(13-12-9)11(4,5)6/h7H,1-6H3,(H,12,13)/i3D3. The van der Waals surface area contributed by atoms with Crippen LogP contribution < -0.4 is 0 Å². The van der Waals surface area contributed by atoms with Gasteiger partial charge in [0.1, 0.15) is 0 Å². The molecule has 0 aromatic carbocycles. The number of rotatable bonds is 1. The molecule has 0 spiro atoms. The lowest BCUT2D eigenvalue weighted by molar-refractivity contribution is 0.563. The maximum absolute atomic E-state index is 7.62. The normalized spacial score (nSPS) is 16.9. The van der Waals surface area contributed by atoms with Crippen LogP contribution in [0.25, 0.3) is 0 Å². The van der Waals surface area contributed by atoms with E-state index in [1.807, 2.05) is 34.6 Å². The Morgan fingerprint density at radius 3 is 2.38 bits per heavy atom. The fourth-order valence-electron chi connectivity index (χ4n) is 1.32. The van der Waals surface area contributed by atoms with Crippen LogP contribution in [0.4, 0.5) is 0 Å². The van der Waals surface area contributed by atoms with E-state index < -0.39 is 6.85 Å². The highest BCUT2D eigenvalue weighted by molar-refractivity contribution is 5.30. The van der Waals surface area contributed by atoms with Gasteiger partial charge in [0, 0.05) is 15.2 Å². The van der Waals surface area contributed by atoms with Crippen molar-refractivity contribution in [1.82, 2.24) is 10.2 Å². The van der Waals surface area contributed by atoms with Crippen LogP contribution in [-0.4, -0.2) is 10.2 Å². The molecule has 1 N–H and O–H groups in total. The van der Waals surface area contributed by atoms with Crippen LogP contribution >= 0.6 is 0 Å². The van der Waals surface area contributed by atoms with Crippen molar-refractivity contribution in [2.45, 2.75) is 52.8 Å². The zero-order chi connectivity index (χ0) is 12.7. The molecule has 1 aromatic heterocycles. The van der Waals surface area contributed by atoms with Crippen LogP contribution in [0.3, 0.4) is 0 Å². The Kier molecular flexibility index (Phi) is 1.62. The molecule has 0 fully saturated rings. The van der Waals surface area contributed by atoms with Crippen molar-refractivity contribution in [1.29, 1.82) is 0 Å². The third-order valence-electron chi connectivity index (χ3n) is 2.08. The molecule has 0 atom stereocenters. The average molecular weight is 183 g/mol. The molecule has 0 saturated carbocycles. The third-order valence-corrected chi connectivity index (χ3v) is 2.08. The first kappa shape index (κ1) is 6.63. The molecule has 0 aliphatic rings. The summed E-state index contributed by atoms with van der Waals surface area (Å²) in [6.45, 7) is 7.76. The zero-order valence-corrected chi connectivity index (χ0v) is 9.02. The molecular formula is C11H20N2. The largest absolute Gasteiger partial charge is 0.282 e. The summed E-state index contributed by atoms with van der Waals surface area (Å²) in [6.07, 6.45) is 0. The van der Waals surface area contributed by atoms with Crippen molar-refractivity contribution in [3.05, 3.63) is 17.0 Å². The minimum absolute atomic E-state index is 0.138. The number of nitrogens with zero attached hydrogens (tertiary/aromatic N) is 1. The van der Waals surface area contributed by atoms with Crippen LogP contribution in [0.2, 0.25) is 0 Å². The van der Waals surface area contributed by atoms with E-state index in [2.05, 4.69) is 10.2 Å². The van der Waals surface area contributed by atoms with Gasteiger partial charge in [0.05, 0.1) is 5.69 Å². The van der Waals surface area contributed by atoms with Crippen LogP contribution in [0.5, 0.6) is 0 Å². The highest BCUT2D eigenvalue weighted by Gasteiger charge is 2.22. The van der Waals surface area contributed by atoms with Crippen LogP contribution in [0.1, 0.15) is 61.6 Å². The predicted molar refractivity (Wildman–Crippen MR) is 56.1 cm³/mol. The van der Waals surface area contributed by atoms with E-state index >= 15 is 0 Å². The van der Waals surface area contributed by atoms with Gasteiger partial charge in [-0.25, -0.2) is 0 Å². The van der Waals surface area contributed by atoms with Gasteiger partial charge in [0.25, 0.3) is 0 Å². The van der Waals surface area contributed by atoms with Gasteiger partial charge in [-0.1, -0.05) is 34.6 Å². The minimum atomic E-state index is -2.10. The highest BCUT2D eigenvalue weighted by atomic mass is 15.1. The first-order chi connectivity index (χ1) is 7.05. The molecule has 2 nitrogen and oxygen atoms in total. The van der Waals surface area contributed by atoms with Crippen LogP contribution in [0, 0.1) is 6.85 Å². The van der Waals surface area contributed by atoms with Gasteiger partial charge in [0.2, 0.25) is 0 Å². The quantitative estimate of drug-likeness (QED) is 0.712. The first-order valence-corrected chi connectivity index (χ1v) is 4.64. The summed E-state index contributed by atoms with van der Waals surface area (Å²) in [5.41, 5.74) is 1.52. The van der Waals surface area contributed by atoms with Crippen molar-refractivity contribution in [2.75, 3.05) is 0 Å². The minimum Gasteiger partial charge on any atom is -0.282 e. The van der Waals surface area contributed by atoms with E-state index in [-0.39, 0.29) is 11.3 Å². The lowest BCUT2D eigenvalue weighted by Crippen LogP contribution is -2.13. The molecule has 0 saturated heterocycles. The third kappa shape index (κ3) is 1.93. The molecule has 0 unspecified atom stereocenters. The summed E-state index contributed by atoms with van der Waals surface area (Å²) in [6, 6.07) is 0. The molecule has 1 heterocycles. The van der Waals surface area contributed by atoms with Gasteiger partial charge in [-0.15, -0.1) is 0 Å². The van der Waals surface area contributed by atoms with Crippen LogP contribution in [0.15, 0.2) is 0 Å². The Hall–Kier alpha value is -0.790. The van der Waals surface area contributed by atoms with Gasteiger partial charge in [0.15, 0.2) is 0 Å². The Balaban J connectivity index is 3.44. The molecule has 13 heavy (non-hydrogen) atoms. The van der Waals surface area contributed by atoms with Gasteiger partial charge in [-0.3, -0.25) is 5.10 Å².